The van der Waals surface area contributed by atoms with Crippen molar-refractivity contribution in [2.45, 2.75) is 18.9 Å². The average molecular weight is 399 g/mol. The molecular weight excluding hydrogens is 384 g/mol. The number of H-pyrrole nitrogens is 1. The number of aromatic nitrogens is 3. The van der Waals surface area contributed by atoms with Gasteiger partial charge < -0.3 is 14.6 Å². The van der Waals surface area contributed by atoms with Crippen LogP contribution in [-0.2, 0) is 4.74 Å². The van der Waals surface area contributed by atoms with Crippen LogP contribution in [0.4, 0.5) is 0 Å². The number of halogens is 1. The lowest BCUT2D eigenvalue weighted by Crippen LogP contribution is -2.05. The fourth-order valence-corrected chi connectivity index (χ4v) is 3.00. The lowest BCUT2D eigenvalue weighted by Gasteiger charge is -2.08. The van der Waals surface area contributed by atoms with E-state index in [1.165, 1.54) is 7.11 Å². The number of benzene rings is 1. The number of aromatic hydroxyl groups is 1. The third kappa shape index (κ3) is 3.31. The second-order valence-electron chi connectivity index (χ2n) is 5.00. The molecule has 0 aliphatic carbocycles. The Labute approximate surface area is 146 Å². The Morgan fingerprint density at radius 3 is 3.13 bits per heavy atom. The highest BCUT2D eigenvalue weighted by Gasteiger charge is 2.23. The van der Waals surface area contributed by atoms with E-state index in [1.54, 1.807) is 23.0 Å². The normalized spacial score (nSPS) is 17.9. The predicted octanol–water partition coefficient (Wildman–Crippen LogP) is 3.15. The van der Waals surface area contributed by atoms with Crippen LogP contribution in [-0.4, -0.2) is 39.9 Å². The van der Waals surface area contributed by atoms with Gasteiger partial charge in [0.05, 0.1) is 17.8 Å². The molecule has 1 aliphatic rings. The zero-order chi connectivity index (χ0) is 16.4. The Balaban J connectivity index is 1.93. The molecule has 0 radical (unpaired) electrons. The van der Waals surface area contributed by atoms with Crippen LogP contribution in [0.2, 0.25) is 0 Å². The van der Waals surface area contributed by atoms with E-state index in [2.05, 4.69) is 31.2 Å². The molecule has 1 aromatic heterocycles. The Morgan fingerprint density at radius 1 is 1.61 bits per heavy atom. The zero-order valence-corrected chi connectivity index (χ0v) is 14.7. The summed E-state index contributed by atoms with van der Waals surface area (Å²) in [5.74, 6) is 1.06. The number of phenolic OH excluding ortho intramolecular Hbond substituents is 1. The largest absolute Gasteiger partial charge is 0.503 e. The van der Waals surface area contributed by atoms with Crippen LogP contribution in [0, 0.1) is 4.77 Å². The molecular formula is C14H15BrN4O3S. The van der Waals surface area contributed by atoms with Gasteiger partial charge in [0.15, 0.2) is 17.3 Å². The molecule has 0 amide bonds. The molecule has 9 heteroatoms. The quantitative estimate of drug-likeness (QED) is 0.610. The highest BCUT2D eigenvalue weighted by Crippen LogP contribution is 2.34. The molecule has 1 aromatic carbocycles. The fraction of sp³-hybridized carbons (Fsp3) is 0.357. The molecule has 2 aromatic rings. The Bertz CT molecular complexity index is 796. The van der Waals surface area contributed by atoms with Gasteiger partial charge in [0, 0.05) is 6.61 Å². The minimum atomic E-state index is -0.0961. The summed E-state index contributed by atoms with van der Waals surface area (Å²) in [5.41, 5.74) is 0.743. The predicted molar refractivity (Wildman–Crippen MR) is 90.7 cm³/mol. The maximum Gasteiger partial charge on any atom is 0.216 e. The Morgan fingerprint density at radius 2 is 2.43 bits per heavy atom. The Hall–Kier alpha value is -1.71. The second-order valence-corrected chi connectivity index (χ2v) is 6.24. The smallest absolute Gasteiger partial charge is 0.216 e. The molecule has 0 bridgehead atoms. The van der Waals surface area contributed by atoms with Gasteiger partial charge >= 0.3 is 0 Å². The second kappa shape index (κ2) is 6.81. The molecule has 0 unspecified atom stereocenters. The monoisotopic (exact) mass is 398 g/mol. The summed E-state index contributed by atoms with van der Waals surface area (Å²) in [6.45, 7) is 0.718. The van der Waals surface area contributed by atoms with Crippen molar-refractivity contribution in [2.24, 2.45) is 5.10 Å². The van der Waals surface area contributed by atoms with Crippen LogP contribution in [0.1, 0.15) is 30.3 Å². The number of nitrogens with one attached hydrogen (secondary N) is 1. The molecule has 7 nitrogen and oxygen atoms in total. The molecule has 1 saturated heterocycles. The zero-order valence-electron chi connectivity index (χ0n) is 12.3. The lowest BCUT2D eigenvalue weighted by atomic mass is 10.2. The van der Waals surface area contributed by atoms with Crippen molar-refractivity contribution >= 4 is 34.4 Å². The first-order valence-corrected chi connectivity index (χ1v) is 8.20. The van der Waals surface area contributed by atoms with Crippen LogP contribution in [0.25, 0.3) is 0 Å². The molecule has 0 spiro atoms. The van der Waals surface area contributed by atoms with Gasteiger partial charge in [-0.3, -0.25) is 5.10 Å². The van der Waals surface area contributed by atoms with Gasteiger partial charge in [0.25, 0.3) is 0 Å². The molecule has 2 N–H and O–H groups in total. The van der Waals surface area contributed by atoms with Gasteiger partial charge in [0.1, 0.15) is 6.10 Å². The number of phenols is 1. The number of aromatic amines is 1. The van der Waals surface area contributed by atoms with Crippen molar-refractivity contribution in [3.05, 3.63) is 32.8 Å². The van der Waals surface area contributed by atoms with E-state index in [9.17, 15) is 5.11 Å². The van der Waals surface area contributed by atoms with E-state index in [4.69, 9.17) is 21.7 Å². The number of methoxy groups -OCH3 is 1. The summed E-state index contributed by atoms with van der Waals surface area (Å²) in [6, 6.07) is 3.41. The van der Waals surface area contributed by atoms with Gasteiger partial charge in [-0.05, 0) is 58.7 Å². The van der Waals surface area contributed by atoms with Crippen molar-refractivity contribution in [2.75, 3.05) is 13.7 Å². The third-order valence-corrected chi connectivity index (χ3v) is 4.35. The topological polar surface area (TPSA) is 84.7 Å². The first kappa shape index (κ1) is 16.2. The fourth-order valence-electron chi connectivity index (χ4n) is 2.35. The average Bonchev–Trinajstić information content (AvgIpc) is 3.18. The summed E-state index contributed by atoms with van der Waals surface area (Å²) >= 11 is 8.50. The molecule has 122 valence electrons. The van der Waals surface area contributed by atoms with Crippen LogP contribution >= 0.6 is 28.1 Å². The van der Waals surface area contributed by atoms with Gasteiger partial charge in [-0.2, -0.15) is 14.9 Å². The maximum atomic E-state index is 9.84. The van der Waals surface area contributed by atoms with Gasteiger partial charge in [-0.1, -0.05) is 0 Å². The summed E-state index contributed by atoms with van der Waals surface area (Å²) in [5, 5.41) is 21.2. The first-order valence-electron chi connectivity index (χ1n) is 7.00. The standard InChI is InChI=1S/C14H15BrN4O3S/c1-21-11-6-8(5-9(15)12(11)20)7-16-19-13(17-18-14(19)23)10-3-2-4-22-10/h5-7,10,20H,2-4H2,1H3,(H,18,23)/b16-7+/t10-/m0/s1. The summed E-state index contributed by atoms with van der Waals surface area (Å²) in [7, 11) is 1.49. The summed E-state index contributed by atoms with van der Waals surface area (Å²) in [6.07, 6.45) is 3.42. The van der Waals surface area contributed by atoms with Crippen LogP contribution < -0.4 is 4.74 Å². The third-order valence-electron chi connectivity index (χ3n) is 3.49. The van der Waals surface area contributed by atoms with E-state index < -0.39 is 0 Å². The van der Waals surface area contributed by atoms with Crippen LogP contribution in [0.15, 0.2) is 21.7 Å². The van der Waals surface area contributed by atoms with E-state index in [1.807, 2.05) is 0 Å². The van der Waals surface area contributed by atoms with Gasteiger partial charge in [0.2, 0.25) is 4.77 Å². The van der Waals surface area contributed by atoms with Crippen molar-refractivity contribution in [3.8, 4) is 11.5 Å². The molecule has 0 saturated carbocycles. The number of nitrogens with zero attached hydrogens (tertiary/aromatic N) is 3. The molecule has 1 fully saturated rings. The highest BCUT2D eigenvalue weighted by atomic mass is 79.9. The molecule has 1 aliphatic heterocycles. The van der Waals surface area contributed by atoms with Crippen molar-refractivity contribution < 1.29 is 14.6 Å². The maximum absolute atomic E-state index is 9.84. The first-order chi connectivity index (χ1) is 11.1. The number of rotatable bonds is 4. The van der Waals surface area contributed by atoms with E-state index in [-0.39, 0.29) is 11.9 Å². The van der Waals surface area contributed by atoms with E-state index in [0.29, 0.717) is 20.8 Å². The minimum absolute atomic E-state index is 0.0459. The van der Waals surface area contributed by atoms with Gasteiger partial charge in [-0.25, -0.2) is 0 Å². The molecule has 2 heterocycles. The Kier molecular flexibility index (Phi) is 4.79. The van der Waals surface area contributed by atoms with Crippen molar-refractivity contribution in [1.82, 2.24) is 14.9 Å². The van der Waals surface area contributed by atoms with Crippen LogP contribution in [0.5, 0.6) is 11.5 Å². The van der Waals surface area contributed by atoms with Crippen LogP contribution in [0.3, 0.4) is 0 Å². The summed E-state index contributed by atoms with van der Waals surface area (Å²) in [4.78, 5) is 0. The van der Waals surface area contributed by atoms with Crippen molar-refractivity contribution in [3.63, 3.8) is 0 Å². The molecule has 23 heavy (non-hydrogen) atoms. The number of ether oxygens (including phenoxy) is 2. The molecule has 1 atom stereocenters. The number of hydrogen-bond acceptors (Lipinski definition) is 6. The lowest BCUT2D eigenvalue weighted by molar-refractivity contribution is 0.102. The van der Waals surface area contributed by atoms with E-state index in [0.717, 1.165) is 25.0 Å². The minimum Gasteiger partial charge on any atom is -0.503 e. The van der Waals surface area contributed by atoms with Crippen molar-refractivity contribution in [1.29, 1.82) is 0 Å². The SMILES string of the molecule is COc1cc(/C=N/n2c([C@@H]3CCCO3)n[nH]c2=S)cc(Br)c1O. The molecule has 3 rings (SSSR count). The van der Waals surface area contributed by atoms with E-state index >= 15 is 0 Å². The van der Waals surface area contributed by atoms with Gasteiger partial charge in [-0.15, -0.1) is 0 Å². The summed E-state index contributed by atoms with van der Waals surface area (Å²) < 4.78 is 13.2. The number of hydrogen-bond donors (Lipinski definition) is 2. The highest BCUT2D eigenvalue weighted by molar-refractivity contribution is 9.10.